The number of hydrogen-bond acceptors (Lipinski definition) is 2. The van der Waals surface area contributed by atoms with Crippen LogP contribution in [0.1, 0.15) is 15.9 Å². The van der Waals surface area contributed by atoms with Gasteiger partial charge in [-0.3, -0.25) is 4.79 Å². The van der Waals surface area contributed by atoms with Crippen molar-refractivity contribution in [3.8, 4) is 0 Å². The van der Waals surface area contributed by atoms with E-state index in [4.69, 9.17) is 23.2 Å². The monoisotopic (exact) mass is 348 g/mol. The summed E-state index contributed by atoms with van der Waals surface area (Å²) in [5.74, 6) is 0.0594. The molecule has 1 saturated heterocycles. The van der Waals surface area contributed by atoms with E-state index in [0.717, 1.165) is 29.4 Å². The van der Waals surface area contributed by atoms with Crippen LogP contribution in [0.3, 0.4) is 0 Å². The van der Waals surface area contributed by atoms with Gasteiger partial charge in [0.05, 0.1) is 0 Å². The Hall–Kier alpha value is -1.71. The molecule has 2 aromatic rings. The first-order valence-corrected chi connectivity index (χ1v) is 8.37. The molecule has 0 aromatic heterocycles. The molecule has 0 unspecified atom stereocenters. The molecule has 5 heteroatoms. The zero-order valence-corrected chi connectivity index (χ0v) is 14.4. The van der Waals surface area contributed by atoms with Crippen LogP contribution >= 0.6 is 23.2 Å². The maximum atomic E-state index is 12.5. The highest BCUT2D eigenvalue weighted by Crippen LogP contribution is 2.27. The van der Waals surface area contributed by atoms with Crippen molar-refractivity contribution in [1.29, 1.82) is 0 Å². The van der Waals surface area contributed by atoms with Gasteiger partial charge >= 0.3 is 0 Å². The number of halogens is 2. The molecule has 3 nitrogen and oxygen atoms in total. The Balaban J connectivity index is 1.67. The molecule has 0 bridgehead atoms. The Bertz CT molecular complexity index is 707. The van der Waals surface area contributed by atoms with Crippen molar-refractivity contribution >= 4 is 34.8 Å². The van der Waals surface area contributed by atoms with E-state index in [1.807, 2.05) is 24.0 Å². The molecule has 0 atom stereocenters. The topological polar surface area (TPSA) is 23.6 Å². The quantitative estimate of drug-likeness (QED) is 0.809. The summed E-state index contributed by atoms with van der Waals surface area (Å²) in [7, 11) is 0. The van der Waals surface area contributed by atoms with Crippen LogP contribution in [0.25, 0.3) is 0 Å². The van der Waals surface area contributed by atoms with Gasteiger partial charge in [0.15, 0.2) is 0 Å². The van der Waals surface area contributed by atoms with Crippen molar-refractivity contribution in [2.45, 2.75) is 6.92 Å². The molecule has 0 saturated carbocycles. The third-order valence-corrected chi connectivity index (χ3v) is 4.90. The fourth-order valence-corrected chi connectivity index (χ4v) is 3.16. The van der Waals surface area contributed by atoms with Crippen molar-refractivity contribution < 1.29 is 4.79 Å². The molecule has 3 rings (SSSR count). The molecule has 0 radical (unpaired) electrons. The number of anilines is 1. The highest BCUT2D eigenvalue weighted by Gasteiger charge is 2.23. The van der Waals surface area contributed by atoms with Crippen molar-refractivity contribution in [1.82, 2.24) is 4.90 Å². The van der Waals surface area contributed by atoms with Gasteiger partial charge in [-0.2, -0.15) is 0 Å². The highest BCUT2D eigenvalue weighted by atomic mass is 35.5. The van der Waals surface area contributed by atoms with Gasteiger partial charge in [-0.1, -0.05) is 29.3 Å². The third kappa shape index (κ3) is 3.46. The lowest BCUT2D eigenvalue weighted by atomic mass is 10.1. The van der Waals surface area contributed by atoms with Crippen LogP contribution in [-0.4, -0.2) is 37.0 Å². The zero-order chi connectivity index (χ0) is 16.4. The van der Waals surface area contributed by atoms with E-state index in [1.54, 1.807) is 24.3 Å². The normalized spacial score (nSPS) is 14.9. The summed E-state index contributed by atoms with van der Waals surface area (Å²) >= 11 is 12.1. The summed E-state index contributed by atoms with van der Waals surface area (Å²) in [4.78, 5) is 16.7. The van der Waals surface area contributed by atoms with Gasteiger partial charge in [-0.15, -0.1) is 0 Å². The van der Waals surface area contributed by atoms with Crippen molar-refractivity contribution in [2.75, 3.05) is 31.1 Å². The van der Waals surface area contributed by atoms with E-state index in [0.29, 0.717) is 23.7 Å². The SMILES string of the molecule is Cc1c(Cl)cccc1N1CCN(C(=O)c2ccc(Cl)cc2)CC1. The van der Waals surface area contributed by atoms with Gasteiger partial charge in [0.1, 0.15) is 0 Å². The van der Waals surface area contributed by atoms with E-state index in [2.05, 4.69) is 11.0 Å². The van der Waals surface area contributed by atoms with Crippen molar-refractivity contribution in [3.63, 3.8) is 0 Å². The maximum Gasteiger partial charge on any atom is 0.253 e. The lowest BCUT2D eigenvalue weighted by molar-refractivity contribution is 0.0747. The van der Waals surface area contributed by atoms with Crippen LogP contribution in [0, 0.1) is 6.92 Å². The smallest absolute Gasteiger partial charge is 0.253 e. The maximum absolute atomic E-state index is 12.5. The molecule has 1 aliphatic heterocycles. The average molecular weight is 349 g/mol. The summed E-state index contributed by atoms with van der Waals surface area (Å²) in [6.45, 7) is 5.05. The van der Waals surface area contributed by atoms with E-state index in [1.165, 1.54) is 0 Å². The fourth-order valence-electron chi connectivity index (χ4n) is 2.86. The minimum atomic E-state index is 0.0594. The molecule has 1 heterocycles. The predicted molar refractivity (Wildman–Crippen MR) is 95.8 cm³/mol. The van der Waals surface area contributed by atoms with Gasteiger partial charge in [0.2, 0.25) is 0 Å². The van der Waals surface area contributed by atoms with Gasteiger partial charge < -0.3 is 9.80 Å². The summed E-state index contributed by atoms with van der Waals surface area (Å²) in [5.41, 5.74) is 2.92. The summed E-state index contributed by atoms with van der Waals surface area (Å²) < 4.78 is 0. The Kier molecular flexibility index (Phi) is 4.79. The van der Waals surface area contributed by atoms with Crippen LogP contribution < -0.4 is 4.90 Å². The highest BCUT2D eigenvalue weighted by molar-refractivity contribution is 6.31. The molecule has 2 aromatic carbocycles. The van der Waals surface area contributed by atoms with Crippen LogP contribution in [0.15, 0.2) is 42.5 Å². The number of carbonyl (C=O) groups is 1. The summed E-state index contributed by atoms with van der Waals surface area (Å²) in [5, 5.41) is 1.42. The summed E-state index contributed by atoms with van der Waals surface area (Å²) in [6.07, 6.45) is 0. The van der Waals surface area contributed by atoms with E-state index < -0.39 is 0 Å². The van der Waals surface area contributed by atoms with E-state index in [-0.39, 0.29) is 5.91 Å². The Morgan fingerprint density at radius 3 is 2.26 bits per heavy atom. The molecule has 1 fully saturated rings. The zero-order valence-electron chi connectivity index (χ0n) is 12.9. The molecule has 0 N–H and O–H groups in total. The second kappa shape index (κ2) is 6.81. The van der Waals surface area contributed by atoms with Crippen molar-refractivity contribution in [3.05, 3.63) is 63.6 Å². The number of carbonyl (C=O) groups excluding carboxylic acids is 1. The van der Waals surface area contributed by atoms with E-state index in [9.17, 15) is 4.79 Å². The second-order valence-corrected chi connectivity index (χ2v) is 6.51. The number of nitrogens with zero attached hydrogens (tertiary/aromatic N) is 2. The standard InChI is InChI=1S/C18H18Cl2N2O/c1-13-16(20)3-2-4-17(13)21-9-11-22(12-10-21)18(23)14-5-7-15(19)8-6-14/h2-8H,9-12H2,1H3. The molecule has 1 aliphatic rings. The minimum Gasteiger partial charge on any atom is -0.368 e. The first-order chi connectivity index (χ1) is 11.1. The van der Waals surface area contributed by atoms with Crippen LogP contribution in [0.2, 0.25) is 10.0 Å². The second-order valence-electron chi connectivity index (χ2n) is 5.67. The van der Waals surface area contributed by atoms with Crippen LogP contribution in [0.5, 0.6) is 0 Å². The molecule has 0 aliphatic carbocycles. The lowest BCUT2D eigenvalue weighted by Gasteiger charge is -2.37. The molecule has 0 spiro atoms. The van der Waals surface area contributed by atoms with E-state index >= 15 is 0 Å². The molecular weight excluding hydrogens is 331 g/mol. The molecule has 23 heavy (non-hydrogen) atoms. The van der Waals surface area contributed by atoms with Gasteiger partial charge in [-0.25, -0.2) is 0 Å². The Labute approximate surface area is 146 Å². The number of hydrogen-bond donors (Lipinski definition) is 0. The largest absolute Gasteiger partial charge is 0.368 e. The lowest BCUT2D eigenvalue weighted by Crippen LogP contribution is -2.49. The number of benzene rings is 2. The van der Waals surface area contributed by atoms with Crippen molar-refractivity contribution in [2.24, 2.45) is 0 Å². The Morgan fingerprint density at radius 1 is 0.957 bits per heavy atom. The first-order valence-electron chi connectivity index (χ1n) is 7.61. The molecule has 120 valence electrons. The van der Waals surface area contributed by atoms with Gasteiger partial charge in [0.25, 0.3) is 5.91 Å². The Morgan fingerprint density at radius 2 is 1.61 bits per heavy atom. The predicted octanol–water partition coefficient (Wildman–Crippen LogP) is 4.26. The molecular formula is C18H18Cl2N2O. The van der Waals surface area contributed by atoms with Gasteiger partial charge in [0, 0.05) is 47.5 Å². The van der Waals surface area contributed by atoms with Gasteiger partial charge in [-0.05, 0) is 48.9 Å². The first kappa shape index (κ1) is 16.2. The number of rotatable bonds is 2. The molecule has 1 amide bonds. The van der Waals surface area contributed by atoms with Crippen LogP contribution in [-0.2, 0) is 0 Å². The van der Waals surface area contributed by atoms with Crippen LogP contribution in [0.4, 0.5) is 5.69 Å². The fraction of sp³-hybridized carbons (Fsp3) is 0.278. The third-order valence-electron chi connectivity index (χ3n) is 4.24. The number of amides is 1. The summed E-state index contributed by atoms with van der Waals surface area (Å²) in [6, 6.07) is 13.0. The average Bonchev–Trinajstić information content (AvgIpc) is 2.58. The number of piperazine rings is 1. The minimum absolute atomic E-state index is 0.0594.